The minimum absolute atomic E-state index is 0.0364. The summed E-state index contributed by atoms with van der Waals surface area (Å²) in [4.78, 5) is 4.40. The summed E-state index contributed by atoms with van der Waals surface area (Å²) in [6.07, 6.45) is 5.30. The Morgan fingerprint density at radius 3 is 2.89 bits per heavy atom. The summed E-state index contributed by atoms with van der Waals surface area (Å²) >= 11 is 0. The molecule has 134 valence electrons. The zero-order valence-electron chi connectivity index (χ0n) is 14.4. The molecule has 0 fully saturated rings. The monoisotopic (exact) mass is 359 g/mol. The van der Waals surface area contributed by atoms with E-state index in [-0.39, 0.29) is 6.61 Å². The third-order valence-corrected chi connectivity index (χ3v) is 4.21. The van der Waals surface area contributed by atoms with Gasteiger partial charge in [-0.15, -0.1) is 0 Å². The molecular formula is C19H17N7O. The predicted molar refractivity (Wildman–Crippen MR) is 100 cm³/mol. The van der Waals surface area contributed by atoms with Crippen LogP contribution in [0.4, 0.5) is 11.6 Å². The lowest BCUT2D eigenvalue weighted by atomic mass is 10.1. The average molecular weight is 359 g/mol. The Balaban J connectivity index is 1.62. The van der Waals surface area contributed by atoms with Crippen molar-refractivity contribution in [3.8, 4) is 6.07 Å². The van der Waals surface area contributed by atoms with E-state index in [1.807, 2.05) is 35.0 Å². The second-order valence-corrected chi connectivity index (χ2v) is 6.01. The first-order valence-electron chi connectivity index (χ1n) is 8.48. The highest BCUT2D eigenvalue weighted by Crippen LogP contribution is 2.20. The fourth-order valence-electron chi connectivity index (χ4n) is 2.88. The van der Waals surface area contributed by atoms with E-state index in [1.54, 1.807) is 29.3 Å². The Morgan fingerprint density at radius 1 is 1.15 bits per heavy atom. The van der Waals surface area contributed by atoms with Gasteiger partial charge in [-0.25, -0.2) is 4.98 Å². The van der Waals surface area contributed by atoms with Gasteiger partial charge in [-0.1, -0.05) is 18.2 Å². The Kier molecular flexibility index (Phi) is 4.51. The predicted octanol–water partition coefficient (Wildman–Crippen LogP) is 2.28. The highest BCUT2D eigenvalue weighted by atomic mass is 16.3. The zero-order chi connectivity index (χ0) is 18.6. The summed E-state index contributed by atoms with van der Waals surface area (Å²) in [7, 11) is 0. The molecule has 3 heterocycles. The van der Waals surface area contributed by atoms with Crippen molar-refractivity contribution in [1.82, 2.24) is 24.5 Å². The van der Waals surface area contributed by atoms with E-state index < -0.39 is 0 Å². The van der Waals surface area contributed by atoms with Crippen LogP contribution in [-0.2, 0) is 13.1 Å². The van der Waals surface area contributed by atoms with Gasteiger partial charge in [0.15, 0.2) is 5.82 Å². The van der Waals surface area contributed by atoms with Gasteiger partial charge in [-0.2, -0.15) is 15.5 Å². The lowest BCUT2D eigenvalue weighted by Crippen LogP contribution is -2.04. The molecule has 3 aromatic heterocycles. The number of anilines is 2. The van der Waals surface area contributed by atoms with Crippen molar-refractivity contribution in [2.24, 2.45) is 0 Å². The maximum Gasteiger partial charge on any atom is 0.153 e. The van der Waals surface area contributed by atoms with E-state index in [0.717, 1.165) is 16.5 Å². The number of nitriles is 1. The van der Waals surface area contributed by atoms with E-state index in [9.17, 15) is 5.26 Å². The molecule has 27 heavy (non-hydrogen) atoms. The molecule has 0 amide bonds. The van der Waals surface area contributed by atoms with Crippen LogP contribution in [0.1, 0.15) is 11.1 Å². The van der Waals surface area contributed by atoms with Gasteiger partial charge in [0, 0.05) is 29.9 Å². The second kappa shape index (κ2) is 7.27. The number of hydrogen-bond donors (Lipinski definition) is 2. The van der Waals surface area contributed by atoms with Crippen LogP contribution < -0.4 is 5.32 Å². The van der Waals surface area contributed by atoms with E-state index >= 15 is 0 Å². The normalized spacial score (nSPS) is 10.8. The molecule has 0 saturated heterocycles. The minimum Gasteiger partial charge on any atom is -0.394 e. The summed E-state index contributed by atoms with van der Waals surface area (Å²) in [5, 5.41) is 31.1. The van der Waals surface area contributed by atoms with Gasteiger partial charge in [-0.05, 0) is 11.6 Å². The van der Waals surface area contributed by atoms with Crippen LogP contribution in [0.25, 0.3) is 10.9 Å². The lowest BCUT2D eigenvalue weighted by Gasteiger charge is -2.07. The zero-order valence-corrected chi connectivity index (χ0v) is 14.4. The summed E-state index contributed by atoms with van der Waals surface area (Å²) in [5.74, 6) is 1.29. The Hall–Kier alpha value is -3.70. The van der Waals surface area contributed by atoms with Crippen molar-refractivity contribution in [3.05, 3.63) is 66.1 Å². The number of fused-ring (bicyclic) bond motifs is 1. The van der Waals surface area contributed by atoms with E-state index in [4.69, 9.17) is 5.11 Å². The van der Waals surface area contributed by atoms with Crippen molar-refractivity contribution in [3.63, 3.8) is 0 Å². The number of benzene rings is 1. The Labute approximate surface area is 155 Å². The van der Waals surface area contributed by atoms with Gasteiger partial charge in [0.25, 0.3) is 0 Å². The van der Waals surface area contributed by atoms with Crippen LogP contribution in [0.5, 0.6) is 0 Å². The molecule has 0 aliphatic rings. The van der Waals surface area contributed by atoms with Gasteiger partial charge in [-0.3, -0.25) is 9.36 Å². The minimum atomic E-state index is 0.0364. The average Bonchev–Trinajstić information content (AvgIpc) is 3.30. The molecule has 0 bridgehead atoms. The van der Waals surface area contributed by atoms with Crippen molar-refractivity contribution < 1.29 is 5.11 Å². The molecule has 4 aromatic rings. The van der Waals surface area contributed by atoms with Gasteiger partial charge >= 0.3 is 0 Å². The maximum absolute atomic E-state index is 9.28. The molecule has 2 N–H and O–H groups in total. The van der Waals surface area contributed by atoms with Crippen LogP contribution in [0.3, 0.4) is 0 Å². The number of aliphatic hydroxyl groups excluding tert-OH is 1. The van der Waals surface area contributed by atoms with Crippen molar-refractivity contribution in [2.75, 3.05) is 11.9 Å². The van der Waals surface area contributed by atoms with Crippen molar-refractivity contribution >= 4 is 22.5 Å². The summed E-state index contributed by atoms with van der Waals surface area (Å²) < 4.78 is 3.51. The van der Waals surface area contributed by atoms with Crippen molar-refractivity contribution in [1.29, 1.82) is 5.26 Å². The molecule has 0 unspecified atom stereocenters. The third-order valence-electron chi connectivity index (χ3n) is 4.21. The van der Waals surface area contributed by atoms with Crippen LogP contribution in [-0.4, -0.2) is 36.3 Å². The highest BCUT2D eigenvalue weighted by molar-refractivity contribution is 5.81. The maximum atomic E-state index is 9.28. The number of aromatic nitrogens is 5. The van der Waals surface area contributed by atoms with Gasteiger partial charge < -0.3 is 10.4 Å². The van der Waals surface area contributed by atoms with Crippen LogP contribution in [0, 0.1) is 11.3 Å². The van der Waals surface area contributed by atoms with Gasteiger partial charge in [0.2, 0.25) is 0 Å². The number of aliphatic hydroxyl groups is 1. The first-order valence-corrected chi connectivity index (χ1v) is 8.48. The summed E-state index contributed by atoms with van der Waals surface area (Å²) in [6, 6.07) is 13.4. The molecule has 8 nitrogen and oxygen atoms in total. The SMILES string of the molecule is N#Cc1ccccc1Cn1ncc2cnc(Nc3ccn(CCO)n3)cc21. The number of nitrogens with one attached hydrogen (secondary N) is 1. The van der Waals surface area contributed by atoms with Crippen LogP contribution >= 0.6 is 0 Å². The third kappa shape index (κ3) is 3.49. The van der Waals surface area contributed by atoms with Crippen LogP contribution in [0.2, 0.25) is 0 Å². The smallest absolute Gasteiger partial charge is 0.153 e. The van der Waals surface area contributed by atoms with Crippen molar-refractivity contribution in [2.45, 2.75) is 13.1 Å². The Bertz CT molecular complexity index is 1120. The van der Waals surface area contributed by atoms with Crippen LogP contribution in [0.15, 0.2) is 55.0 Å². The van der Waals surface area contributed by atoms with E-state index in [2.05, 4.69) is 26.6 Å². The molecule has 0 spiro atoms. The standard InChI is InChI=1S/C19H17N7O/c20-10-14-3-1-2-4-15(14)13-26-17-9-19(21-11-16(17)12-22-26)23-18-5-6-25(24-18)7-8-27/h1-6,9,11-12,27H,7-8,13H2,(H,21,23,24). The lowest BCUT2D eigenvalue weighted by molar-refractivity contribution is 0.269. The molecule has 4 rings (SSSR count). The number of nitrogens with zero attached hydrogens (tertiary/aromatic N) is 6. The molecule has 0 saturated carbocycles. The largest absolute Gasteiger partial charge is 0.394 e. The fourth-order valence-corrected chi connectivity index (χ4v) is 2.88. The van der Waals surface area contributed by atoms with Gasteiger partial charge in [0.05, 0.1) is 43.0 Å². The van der Waals surface area contributed by atoms with E-state index in [1.165, 1.54) is 0 Å². The summed E-state index contributed by atoms with van der Waals surface area (Å²) in [5.41, 5.74) is 2.47. The Morgan fingerprint density at radius 2 is 2.04 bits per heavy atom. The first-order chi connectivity index (χ1) is 13.3. The molecule has 0 aliphatic heterocycles. The molecule has 0 atom stereocenters. The molecule has 0 aliphatic carbocycles. The first kappa shape index (κ1) is 16.8. The number of pyridine rings is 1. The molecule has 1 aromatic carbocycles. The molecular weight excluding hydrogens is 342 g/mol. The van der Waals surface area contributed by atoms with Gasteiger partial charge in [0.1, 0.15) is 5.82 Å². The summed E-state index contributed by atoms with van der Waals surface area (Å²) in [6.45, 7) is 0.982. The molecule has 0 radical (unpaired) electrons. The quantitative estimate of drug-likeness (QED) is 0.547. The number of hydrogen-bond acceptors (Lipinski definition) is 6. The topological polar surface area (TPSA) is 105 Å². The highest BCUT2D eigenvalue weighted by Gasteiger charge is 2.09. The number of rotatable bonds is 6. The molecule has 8 heteroatoms. The second-order valence-electron chi connectivity index (χ2n) is 6.01. The fraction of sp³-hybridized carbons (Fsp3) is 0.158. The van der Waals surface area contributed by atoms with E-state index in [0.29, 0.717) is 30.3 Å².